The summed E-state index contributed by atoms with van der Waals surface area (Å²) in [6.45, 7) is 61.2. The molecule has 150 heavy (non-hydrogen) atoms. The van der Waals surface area contributed by atoms with Gasteiger partial charge in [0.1, 0.15) is 18.2 Å². The number of aldehydes is 1. The number of Topliss-reactive ketones (excluding diaryl/α,β-unsaturated/α-hetero) is 1. The summed E-state index contributed by atoms with van der Waals surface area (Å²) in [6.07, 6.45) is 62.9. The van der Waals surface area contributed by atoms with Crippen molar-refractivity contribution in [1.29, 1.82) is 0 Å². The number of ether oxygens (including phenoxy) is 1. The fourth-order valence-electron chi connectivity index (χ4n) is 37.6. The van der Waals surface area contributed by atoms with Crippen molar-refractivity contribution in [2.75, 3.05) is 19.8 Å². The van der Waals surface area contributed by atoms with Crippen LogP contribution in [0.5, 0.6) is 0 Å². The van der Waals surface area contributed by atoms with Gasteiger partial charge in [-0.15, -0.1) is 0 Å². The third-order valence-corrected chi connectivity index (χ3v) is 49.5. The molecule has 19 rings (SSSR count). The van der Waals surface area contributed by atoms with Crippen molar-refractivity contribution in [3.05, 3.63) is 107 Å². The Morgan fingerprint density at radius 1 is 0.407 bits per heavy atom. The lowest BCUT2D eigenvalue weighted by Gasteiger charge is -2.45. The minimum atomic E-state index is -3.71. The number of fused-ring (bicyclic) bond motifs is 8. The van der Waals surface area contributed by atoms with E-state index in [-0.39, 0.29) is 93.5 Å². The highest BCUT2D eigenvalue weighted by Gasteiger charge is 2.60. The summed E-state index contributed by atoms with van der Waals surface area (Å²) >= 11 is 0. The number of aliphatic hydroxyl groups excluding tert-OH is 5. The monoisotopic (exact) mass is 2120 g/mol. The average molecular weight is 2120 g/mol. The van der Waals surface area contributed by atoms with Gasteiger partial charge < -0.3 is 35.1 Å². The van der Waals surface area contributed by atoms with Crippen LogP contribution in [-0.4, -0.2) is 111 Å². The van der Waals surface area contributed by atoms with E-state index in [4.69, 9.17) is 13.1 Å². The Balaban J connectivity index is 0.000000155. The minimum Gasteiger partial charge on any atom is -0.462 e. The number of aliphatic hydroxyl groups is 5. The van der Waals surface area contributed by atoms with Crippen molar-refractivity contribution in [3.8, 4) is 0 Å². The molecule has 0 bridgehead atoms. The van der Waals surface area contributed by atoms with Gasteiger partial charge >= 0.3 is 5.97 Å². The maximum Gasteiger partial charge on any atom is 0.302 e. The van der Waals surface area contributed by atoms with E-state index in [0.717, 1.165) is 178 Å². The average Bonchev–Trinajstić information content (AvgIpc) is 2.64. The first-order valence-electron chi connectivity index (χ1n) is 61.8. The lowest BCUT2D eigenvalue weighted by molar-refractivity contribution is -0.154. The maximum absolute atomic E-state index is 12.5. The first-order valence-corrected chi connectivity index (χ1v) is 64.6. The molecule has 17 saturated carbocycles. The van der Waals surface area contributed by atoms with Crippen LogP contribution in [0, 0.1) is 211 Å². The van der Waals surface area contributed by atoms with E-state index in [2.05, 4.69) is 176 Å². The van der Waals surface area contributed by atoms with Crippen LogP contribution in [0.1, 0.15) is 446 Å². The van der Waals surface area contributed by atoms with Crippen molar-refractivity contribution >= 4 is 38.3 Å². The van der Waals surface area contributed by atoms with Gasteiger partial charge in [-0.1, -0.05) is 300 Å². The predicted octanol–water partition coefficient (Wildman–Crippen LogP) is 31.8. The van der Waals surface area contributed by atoms with Crippen LogP contribution in [0.2, 0.25) is 0 Å². The highest BCUT2D eigenvalue weighted by Crippen LogP contribution is 2.66. The summed E-state index contributed by atoms with van der Waals surface area (Å²) in [5.74, 6) is 16.7. The Kier molecular flexibility index (Phi) is 43.9. The topological polar surface area (TPSA) is 248 Å². The number of rotatable bonds is 21. The van der Waals surface area contributed by atoms with Gasteiger partial charge in [0.2, 0.25) is 0 Å². The number of benzene rings is 2. The molecule has 0 unspecified atom stereocenters. The third-order valence-electron chi connectivity index (χ3n) is 46.9. The van der Waals surface area contributed by atoms with Gasteiger partial charge in [-0.2, -0.15) is 16.8 Å². The molecule has 17 heteroatoms. The maximum atomic E-state index is 12.5. The molecule has 15 nitrogen and oxygen atoms in total. The molecule has 2 aromatic carbocycles. The molecular weight excluding hydrogens is 1900 g/mol. The SMILES string of the molecule is C=C1CC[C@H](O)C/C1=C/C=C1\CCC[C@]2(C)[C@@H]([C@H](C)/C=C/[C@H](C)C(C)C)CC[C@@H]12.CC(=O)O[C@H]1CC[C@H]2[C@@H](C)CCC[C@]12C.CC(=O)[C@H]1CC[C@H]2[C@@H](C)CCC[C@]12C.C[C@H](C=O)[C@H]1CC[C@H]2[C@@H](C)CCC[C@]12C.C[C@H](CO)[C@H]1CC[C@H]2[C@@H](O)CCC[C@]12C.C[C@H]1CCC[C@]2(C)[C@@H](O)CC[C@@H]12.Cc1ccc(S(=O)(=O)OC[C@@H](C)[C@H]2CC[C@H]3[C@@H](C)CCC[C@]23C)cc1.Cc1ccc(S(=O)(=O)OC[C@@H](C)[C@H]2CC[C@H]3[C@@H](O)CCC[C@]23C)cc1. The zero-order valence-electron chi connectivity index (χ0n) is 99.3. The zero-order valence-corrected chi connectivity index (χ0v) is 101. The summed E-state index contributed by atoms with van der Waals surface area (Å²) in [5.41, 5.74) is 8.79. The van der Waals surface area contributed by atoms with Crippen molar-refractivity contribution in [3.63, 3.8) is 0 Å². The molecule has 0 spiro atoms. The highest BCUT2D eigenvalue weighted by molar-refractivity contribution is 7.87. The molecule has 5 N–H and O–H groups in total. The summed E-state index contributed by atoms with van der Waals surface area (Å²) in [7, 11) is -7.37. The molecule has 0 heterocycles. The number of aryl methyl sites for hydroxylation is 2. The first kappa shape index (κ1) is 124. The lowest BCUT2D eigenvalue weighted by Crippen LogP contribution is -2.42. The predicted molar refractivity (Wildman–Crippen MR) is 614 cm³/mol. The van der Waals surface area contributed by atoms with Crippen LogP contribution < -0.4 is 0 Å². The van der Waals surface area contributed by atoms with Crippen molar-refractivity contribution in [2.24, 2.45) is 197 Å². The van der Waals surface area contributed by atoms with Gasteiger partial charge in [0.15, 0.2) is 0 Å². The molecule has 0 saturated heterocycles. The highest BCUT2D eigenvalue weighted by atomic mass is 32.2. The third kappa shape index (κ3) is 28.2. The number of carbonyl (C=O) groups is 3. The molecule has 2 aromatic rings. The number of hydrogen-bond donors (Lipinski definition) is 5. The Labute approximate surface area is 915 Å². The second-order valence-electron chi connectivity index (χ2n) is 56.4. The van der Waals surface area contributed by atoms with E-state index >= 15 is 0 Å². The summed E-state index contributed by atoms with van der Waals surface area (Å²) in [6, 6.07) is 13.6. The van der Waals surface area contributed by atoms with Crippen molar-refractivity contribution in [2.45, 2.75) is 489 Å². The van der Waals surface area contributed by atoms with E-state index in [1.807, 2.05) is 26.0 Å². The molecular formula is C133H218O15S2. The van der Waals surface area contributed by atoms with Crippen LogP contribution in [0.4, 0.5) is 0 Å². The number of hydrogen-bond acceptors (Lipinski definition) is 15. The van der Waals surface area contributed by atoms with E-state index in [1.165, 1.54) is 211 Å². The molecule has 0 amide bonds. The van der Waals surface area contributed by atoms with Crippen molar-refractivity contribution in [1.82, 2.24) is 0 Å². The minimum absolute atomic E-state index is 0.00903. The zero-order chi connectivity index (χ0) is 110. The van der Waals surface area contributed by atoms with Crippen LogP contribution in [0.25, 0.3) is 0 Å². The van der Waals surface area contributed by atoms with E-state index in [1.54, 1.807) is 48.9 Å². The molecule has 17 aliphatic rings. The molecule has 0 aromatic heterocycles. The van der Waals surface area contributed by atoms with Gasteiger partial charge in [0.25, 0.3) is 20.2 Å². The molecule has 38 atom stereocenters. The number of esters is 1. The lowest BCUT2D eigenvalue weighted by atomic mass is 9.60. The number of carbonyl (C=O) groups excluding carboxylic acids is 3. The van der Waals surface area contributed by atoms with E-state index in [9.17, 15) is 56.8 Å². The molecule has 17 fully saturated rings. The Morgan fingerprint density at radius 2 is 0.780 bits per heavy atom. The summed E-state index contributed by atoms with van der Waals surface area (Å²) < 4.78 is 66.1. The van der Waals surface area contributed by atoms with Crippen LogP contribution in [0.3, 0.4) is 0 Å². The van der Waals surface area contributed by atoms with Gasteiger partial charge in [0.05, 0.1) is 47.4 Å². The Morgan fingerprint density at radius 3 is 1.23 bits per heavy atom. The van der Waals surface area contributed by atoms with Gasteiger partial charge in [-0.05, 0) is 430 Å². The molecule has 852 valence electrons. The largest absolute Gasteiger partial charge is 0.462 e. The Bertz CT molecular complexity index is 4850. The number of ketones is 1. The summed E-state index contributed by atoms with van der Waals surface area (Å²) in [4.78, 5) is 34.2. The second kappa shape index (κ2) is 53.0. The van der Waals surface area contributed by atoms with Gasteiger partial charge in [0, 0.05) is 30.8 Å². The fourth-order valence-corrected chi connectivity index (χ4v) is 39.6. The standard InChI is InChI=1S/C28H44O.C21H32O3S.C20H30O4S.C14H24O.C13H22O2.C13H24O2.C13H22O.C11H20O/c1-19(2)20(3)9-10-22(5)26-15-16-27-23(8-7-17-28(26,27)6)12-13-24-18-25(29)14-11-21(24)4;1-15-7-9-18(10-8-15)25(22,23)24-14-17(3)20-12-11-19-16(2)6-5-13-21(19,20)4;1-14-6-8-16(9-7-14)25(22,23)24-13-15(2)17-10-11-18-19(21)5-4-12-20(17,18)3;1-10-5-4-8-14(3)12(10)6-7-13(14)11(2)9-15;1-9-5-4-8-13(3)11(9)6-7-12(13)15-10(2)14;1-9(8-14)10-5-6-11-12(15)4-3-7-13(10,11)2;1-9-5-4-8-13(3)11(9)6-7-12(13)10(2)14;1-8-4-3-7-11(2)9(8)5-6-10(11)12/h9-10,12-13,19-20,22,25-27,29H,4,7-8,11,14-18H2,1-3,5-6H3;7-10,16-17,19-20H,5-6,11-14H2,1-4H3;6-9,15,17-19,21H,4-5,10-13H2,1-3H3;9-13H,4-8H2,1-3H3;9,11-12H,4-8H2,1-3H3;9-12,14-15H,3-8H2,1-2H3;9,11-12H,4-8H2,1-3H3;8-10,12H,3-7H2,1-2H3/b10-9+,23-12+,24-13-;;;;;;;/t20-,22+,25-,26+,27-,28+;16-,17+,19-,20+,21-;15-,17-,18+,19+,20-;10-,11+,12-,13+,14-;9-,11-,12-,13-;9-,10-,11+,12+,13-;9-,11-,12+,13-;8-,9-,10-,11-/m00100100/s1. The normalized spacial score (nSPS) is 41.4. The number of allylic oxidation sites excluding steroid dienone is 6. The van der Waals surface area contributed by atoms with Crippen LogP contribution in [-0.2, 0) is 47.7 Å². The second-order valence-corrected chi connectivity index (χ2v) is 59.6. The van der Waals surface area contributed by atoms with Crippen LogP contribution in [0.15, 0.2) is 106 Å². The fraction of sp³-hybridized carbons (Fsp3) is 0.827. The quantitative estimate of drug-likeness (QED) is 0.0337. The molecule has 17 aliphatic carbocycles. The van der Waals surface area contributed by atoms with E-state index in [0.29, 0.717) is 98.6 Å². The Hall–Kier alpha value is -4.17. The smallest absolute Gasteiger partial charge is 0.302 e. The van der Waals surface area contributed by atoms with Crippen molar-refractivity contribution < 1.29 is 69.9 Å². The molecule has 0 radical (unpaired) electrons. The first-order chi connectivity index (χ1) is 70.6. The van der Waals surface area contributed by atoms with Crippen LogP contribution >= 0.6 is 0 Å². The van der Waals surface area contributed by atoms with Gasteiger partial charge in [-0.3, -0.25) is 18.0 Å². The van der Waals surface area contributed by atoms with Gasteiger partial charge in [-0.25, -0.2) is 0 Å². The van der Waals surface area contributed by atoms with E-state index < -0.39 is 20.2 Å². The molecule has 0 aliphatic heterocycles. The summed E-state index contributed by atoms with van der Waals surface area (Å²) in [5, 5.41) is 49.6.